The molecular weight excluding hydrogens is 228 g/mol. The Balaban J connectivity index is 2.06. The molecule has 4 nitrogen and oxygen atoms in total. The molecule has 0 aliphatic carbocycles. The number of carbonyl (C=O) groups excluding carboxylic acids is 1. The standard InChI is InChI=1S/C14H20N2O2/c1-3-15(2)13-6-4-12(5-7-13)14(17)16-8-10-18-11-9-16/h4-7H,3,8-11H2,1-2H3. The second-order valence-corrected chi connectivity index (χ2v) is 4.47. The van der Waals surface area contributed by atoms with Gasteiger partial charge in [0, 0.05) is 37.9 Å². The van der Waals surface area contributed by atoms with Crippen LogP contribution in [0, 0.1) is 0 Å². The number of carbonyl (C=O) groups is 1. The van der Waals surface area contributed by atoms with Gasteiger partial charge in [0.1, 0.15) is 0 Å². The van der Waals surface area contributed by atoms with Crippen LogP contribution in [0.15, 0.2) is 24.3 Å². The van der Waals surface area contributed by atoms with Gasteiger partial charge < -0.3 is 14.5 Å². The largest absolute Gasteiger partial charge is 0.378 e. The van der Waals surface area contributed by atoms with Gasteiger partial charge in [0.15, 0.2) is 0 Å². The van der Waals surface area contributed by atoms with E-state index in [0.29, 0.717) is 26.3 Å². The van der Waals surface area contributed by atoms with Crippen LogP contribution in [0.3, 0.4) is 0 Å². The van der Waals surface area contributed by atoms with Gasteiger partial charge in [-0.15, -0.1) is 0 Å². The number of benzene rings is 1. The van der Waals surface area contributed by atoms with Crippen molar-refractivity contribution in [2.45, 2.75) is 6.92 Å². The number of anilines is 1. The van der Waals surface area contributed by atoms with E-state index in [1.54, 1.807) is 0 Å². The van der Waals surface area contributed by atoms with Gasteiger partial charge in [-0.25, -0.2) is 0 Å². The summed E-state index contributed by atoms with van der Waals surface area (Å²) in [6.45, 7) is 5.72. The van der Waals surface area contributed by atoms with E-state index in [1.807, 2.05) is 36.2 Å². The Labute approximate surface area is 108 Å². The van der Waals surface area contributed by atoms with Crippen LogP contribution in [0.5, 0.6) is 0 Å². The molecule has 1 aliphatic rings. The highest BCUT2D eigenvalue weighted by molar-refractivity contribution is 5.94. The lowest BCUT2D eigenvalue weighted by atomic mass is 10.1. The molecule has 1 aliphatic heterocycles. The number of hydrogen-bond acceptors (Lipinski definition) is 3. The Morgan fingerprint density at radius 3 is 2.44 bits per heavy atom. The van der Waals surface area contributed by atoms with Crippen LogP contribution in [0.2, 0.25) is 0 Å². The van der Waals surface area contributed by atoms with E-state index in [9.17, 15) is 4.79 Å². The highest BCUT2D eigenvalue weighted by atomic mass is 16.5. The van der Waals surface area contributed by atoms with Gasteiger partial charge in [0.05, 0.1) is 13.2 Å². The molecule has 1 amide bonds. The highest BCUT2D eigenvalue weighted by Crippen LogP contribution is 2.15. The molecule has 1 aromatic rings. The molecule has 0 N–H and O–H groups in total. The lowest BCUT2D eigenvalue weighted by molar-refractivity contribution is 0.0303. The third kappa shape index (κ3) is 2.82. The van der Waals surface area contributed by atoms with Gasteiger partial charge in [-0.3, -0.25) is 4.79 Å². The Kier molecular flexibility index (Phi) is 4.20. The molecule has 1 saturated heterocycles. The predicted molar refractivity (Wildman–Crippen MR) is 72.1 cm³/mol. The van der Waals surface area contributed by atoms with E-state index < -0.39 is 0 Å². The topological polar surface area (TPSA) is 32.8 Å². The van der Waals surface area contributed by atoms with Crippen LogP contribution >= 0.6 is 0 Å². The molecule has 0 unspecified atom stereocenters. The quantitative estimate of drug-likeness (QED) is 0.815. The fourth-order valence-electron chi connectivity index (χ4n) is 1.99. The first-order valence-electron chi connectivity index (χ1n) is 6.40. The first-order valence-corrected chi connectivity index (χ1v) is 6.40. The van der Waals surface area contributed by atoms with Gasteiger partial charge in [0.2, 0.25) is 0 Å². The molecule has 1 heterocycles. The molecule has 2 rings (SSSR count). The number of hydrogen-bond donors (Lipinski definition) is 0. The number of morpholine rings is 1. The van der Waals surface area contributed by atoms with Crippen molar-refractivity contribution in [3.8, 4) is 0 Å². The normalized spacial score (nSPS) is 15.6. The van der Waals surface area contributed by atoms with Crippen molar-refractivity contribution in [3.05, 3.63) is 29.8 Å². The predicted octanol–water partition coefficient (Wildman–Crippen LogP) is 1.62. The second-order valence-electron chi connectivity index (χ2n) is 4.47. The summed E-state index contributed by atoms with van der Waals surface area (Å²) >= 11 is 0. The summed E-state index contributed by atoms with van der Waals surface area (Å²) in [6.07, 6.45) is 0. The van der Waals surface area contributed by atoms with Crippen molar-refractivity contribution in [1.29, 1.82) is 0 Å². The highest BCUT2D eigenvalue weighted by Gasteiger charge is 2.18. The molecule has 0 spiro atoms. The van der Waals surface area contributed by atoms with Crippen LogP contribution in [-0.4, -0.2) is 50.7 Å². The van der Waals surface area contributed by atoms with E-state index >= 15 is 0 Å². The van der Waals surface area contributed by atoms with E-state index in [-0.39, 0.29) is 5.91 Å². The number of nitrogens with zero attached hydrogens (tertiary/aromatic N) is 2. The summed E-state index contributed by atoms with van der Waals surface area (Å²) in [6, 6.07) is 7.80. The van der Waals surface area contributed by atoms with Crippen molar-refractivity contribution < 1.29 is 9.53 Å². The monoisotopic (exact) mass is 248 g/mol. The zero-order valence-electron chi connectivity index (χ0n) is 11.1. The van der Waals surface area contributed by atoms with Crippen molar-refractivity contribution in [2.24, 2.45) is 0 Å². The third-order valence-corrected chi connectivity index (χ3v) is 3.33. The summed E-state index contributed by atoms with van der Waals surface area (Å²) in [5.41, 5.74) is 1.89. The van der Waals surface area contributed by atoms with Gasteiger partial charge in [-0.2, -0.15) is 0 Å². The van der Waals surface area contributed by atoms with Gasteiger partial charge in [-0.05, 0) is 31.2 Å². The van der Waals surface area contributed by atoms with Crippen molar-refractivity contribution >= 4 is 11.6 Å². The fraction of sp³-hybridized carbons (Fsp3) is 0.500. The molecule has 0 radical (unpaired) electrons. The Hall–Kier alpha value is -1.55. The molecule has 18 heavy (non-hydrogen) atoms. The summed E-state index contributed by atoms with van der Waals surface area (Å²) in [5, 5.41) is 0. The first-order chi connectivity index (χ1) is 8.72. The van der Waals surface area contributed by atoms with Crippen LogP contribution in [0.1, 0.15) is 17.3 Å². The number of amides is 1. The van der Waals surface area contributed by atoms with E-state index in [2.05, 4.69) is 11.8 Å². The maximum Gasteiger partial charge on any atom is 0.254 e. The van der Waals surface area contributed by atoms with Crippen molar-refractivity contribution in [3.63, 3.8) is 0 Å². The lowest BCUT2D eigenvalue weighted by Gasteiger charge is -2.27. The molecule has 0 bridgehead atoms. The molecule has 1 aromatic carbocycles. The average molecular weight is 248 g/mol. The minimum absolute atomic E-state index is 0.101. The molecule has 4 heteroatoms. The third-order valence-electron chi connectivity index (χ3n) is 3.33. The molecular formula is C14H20N2O2. The minimum Gasteiger partial charge on any atom is -0.378 e. The molecule has 0 atom stereocenters. The maximum atomic E-state index is 12.2. The van der Waals surface area contributed by atoms with E-state index in [0.717, 1.165) is 17.8 Å². The Morgan fingerprint density at radius 1 is 1.28 bits per heavy atom. The minimum atomic E-state index is 0.101. The van der Waals surface area contributed by atoms with Crippen LogP contribution in [-0.2, 0) is 4.74 Å². The van der Waals surface area contributed by atoms with Crippen LogP contribution in [0.4, 0.5) is 5.69 Å². The maximum absolute atomic E-state index is 12.2. The summed E-state index contributed by atoms with van der Waals surface area (Å²) in [4.78, 5) is 16.2. The van der Waals surface area contributed by atoms with Gasteiger partial charge >= 0.3 is 0 Å². The average Bonchev–Trinajstić information content (AvgIpc) is 2.47. The van der Waals surface area contributed by atoms with E-state index in [1.165, 1.54) is 0 Å². The summed E-state index contributed by atoms with van der Waals surface area (Å²) < 4.78 is 5.25. The lowest BCUT2D eigenvalue weighted by Crippen LogP contribution is -2.40. The van der Waals surface area contributed by atoms with Gasteiger partial charge in [0.25, 0.3) is 5.91 Å². The van der Waals surface area contributed by atoms with Crippen molar-refractivity contribution in [1.82, 2.24) is 4.90 Å². The van der Waals surface area contributed by atoms with Gasteiger partial charge in [-0.1, -0.05) is 0 Å². The van der Waals surface area contributed by atoms with E-state index in [4.69, 9.17) is 4.74 Å². The van der Waals surface area contributed by atoms with Crippen LogP contribution < -0.4 is 4.90 Å². The second kappa shape index (κ2) is 5.87. The number of rotatable bonds is 3. The summed E-state index contributed by atoms with van der Waals surface area (Å²) in [5.74, 6) is 0.101. The smallest absolute Gasteiger partial charge is 0.254 e. The Bertz CT molecular complexity index is 397. The fourth-order valence-corrected chi connectivity index (χ4v) is 1.99. The van der Waals surface area contributed by atoms with Crippen molar-refractivity contribution in [2.75, 3.05) is 44.8 Å². The Morgan fingerprint density at radius 2 is 1.89 bits per heavy atom. The first kappa shape index (κ1) is 12.9. The molecule has 1 fully saturated rings. The van der Waals surface area contributed by atoms with Crippen LogP contribution in [0.25, 0.3) is 0 Å². The zero-order chi connectivity index (χ0) is 13.0. The SMILES string of the molecule is CCN(C)c1ccc(C(=O)N2CCOCC2)cc1. The summed E-state index contributed by atoms with van der Waals surface area (Å²) in [7, 11) is 2.04. The molecule has 0 aromatic heterocycles. The number of ether oxygens (including phenoxy) is 1. The zero-order valence-corrected chi connectivity index (χ0v) is 11.1. The molecule has 98 valence electrons. The molecule has 0 saturated carbocycles.